The van der Waals surface area contributed by atoms with Crippen molar-refractivity contribution < 1.29 is 19.1 Å². The minimum absolute atomic E-state index is 0.271. The van der Waals surface area contributed by atoms with E-state index in [9.17, 15) is 9.59 Å². The van der Waals surface area contributed by atoms with Gasteiger partial charge in [0.15, 0.2) is 0 Å². The number of esters is 2. The van der Waals surface area contributed by atoms with Crippen LogP contribution in [0.1, 0.15) is 27.8 Å². The Hall–Kier alpha value is -2.82. The maximum atomic E-state index is 12.1. The Bertz CT molecular complexity index is 879. The van der Waals surface area contributed by atoms with Gasteiger partial charge in [-0.2, -0.15) is 0 Å². The number of pyridine rings is 1. The first-order valence-corrected chi connectivity index (χ1v) is 6.95. The number of benzene rings is 1. The van der Waals surface area contributed by atoms with Crippen molar-refractivity contribution in [3.63, 3.8) is 0 Å². The lowest BCUT2D eigenvalue weighted by Crippen LogP contribution is -2.07. The summed E-state index contributed by atoms with van der Waals surface area (Å²) in [5.74, 6) is -0.952. The summed E-state index contributed by atoms with van der Waals surface area (Å²) in [6.45, 7) is 2.01. The Kier molecular flexibility index (Phi) is 3.55. The van der Waals surface area contributed by atoms with Crippen LogP contribution in [-0.2, 0) is 9.47 Å². The van der Waals surface area contributed by atoms with Gasteiger partial charge in [0.2, 0.25) is 0 Å². The van der Waals surface area contributed by atoms with E-state index in [2.05, 4.69) is 0 Å². The van der Waals surface area contributed by atoms with Crippen LogP contribution in [0.2, 0.25) is 0 Å². The number of hydrogen-bond acceptors (Lipinski definition) is 4. The third kappa shape index (κ3) is 2.11. The monoisotopic (exact) mass is 297 g/mol. The van der Waals surface area contributed by atoms with Crippen LogP contribution in [0.5, 0.6) is 0 Å². The molecule has 5 nitrogen and oxygen atoms in total. The van der Waals surface area contributed by atoms with E-state index in [1.807, 2.05) is 30.3 Å². The van der Waals surface area contributed by atoms with Gasteiger partial charge in [-0.25, -0.2) is 9.59 Å². The molecule has 22 heavy (non-hydrogen) atoms. The second-order valence-corrected chi connectivity index (χ2v) is 4.78. The van der Waals surface area contributed by atoms with Gasteiger partial charge in [0.25, 0.3) is 0 Å². The van der Waals surface area contributed by atoms with Gasteiger partial charge in [0.1, 0.15) is 5.69 Å². The summed E-state index contributed by atoms with van der Waals surface area (Å²) >= 11 is 0. The molecule has 0 aliphatic carbocycles. The van der Waals surface area contributed by atoms with Crippen LogP contribution in [0.15, 0.2) is 42.6 Å². The topological polar surface area (TPSA) is 57.0 Å². The lowest BCUT2D eigenvalue weighted by Gasteiger charge is -2.06. The number of rotatable bonds is 3. The number of ether oxygens (including phenoxy) is 2. The zero-order chi connectivity index (χ0) is 15.7. The molecule has 0 aliphatic heterocycles. The molecule has 0 atom stereocenters. The molecule has 0 spiro atoms. The summed E-state index contributed by atoms with van der Waals surface area (Å²) in [4.78, 5) is 24.2. The third-order valence-corrected chi connectivity index (χ3v) is 3.55. The van der Waals surface area contributed by atoms with Crippen LogP contribution >= 0.6 is 0 Å². The number of nitrogens with zero attached hydrogens (tertiary/aromatic N) is 1. The molecule has 0 amide bonds. The van der Waals surface area contributed by atoms with Crippen LogP contribution in [0.25, 0.3) is 16.3 Å². The zero-order valence-corrected chi connectivity index (χ0v) is 12.3. The van der Waals surface area contributed by atoms with Crippen LogP contribution in [0.3, 0.4) is 0 Å². The van der Waals surface area contributed by atoms with Gasteiger partial charge in [0, 0.05) is 11.6 Å². The summed E-state index contributed by atoms with van der Waals surface area (Å²) in [7, 11) is 1.32. The molecule has 2 aromatic heterocycles. The number of fused-ring (bicyclic) bond motifs is 3. The van der Waals surface area contributed by atoms with E-state index >= 15 is 0 Å². The minimum Gasteiger partial charge on any atom is -0.465 e. The van der Waals surface area contributed by atoms with Gasteiger partial charge in [-0.3, -0.25) is 0 Å². The van der Waals surface area contributed by atoms with E-state index in [4.69, 9.17) is 9.47 Å². The van der Waals surface area contributed by atoms with Crippen LogP contribution in [-0.4, -0.2) is 30.1 Å². The molecule has 3 aromatic rings. The molecule has 1 aromatic carbocycles. The van der Waals surface area contributed by atoms with Gasteiger partial charge >= 0.3 is 11.9 Å². The maximum Gasteiger partial charge on any atom is 0.355 e. The van der Waals surface area contributed by atoms with E-state index in [0.717, 1.165) is 10.8 Å². The van der Waals surface area contributed by atoms with Gasteiger partial charge in [-0.05, 0) is 24.4 Å². The molecular formula is C17H15NO4. The Morgan fingerprint density at radius 2 is 1.91 bits per heavy atom. The van der Waals surface area contributed by atoms with Gasteiger partial charge in [-0.1, -0.05) is 24.3 Å². The predicted octanol–water partition coefficient (Wildman–Crippen LogP) is 3.06. The quantitative estimate of drug-likeness (QED) is 0.697. The Balaban J connectivity index is 2.38. The van der Waals surface area contributed by atoms with Crippen molar-refractivity contribution >= 4 is 28.2 Å². The highest BCUT2D eigenvalue weighted by Gasteiger charge is 2.22. The van der Waals surface area contributed by atoms with Gasteiger partial charge in [-0.15, -0.1) is 0 Å². The molecule has 5 heteroatoms. The summed E-state index contributed by atoms with van der Waals surface area (Å²) < 4.78 is 11.6. The average Bonchev–Trinajstić information content (AvgIpc) is 2.94. The molecule has 0 bridgehead atoms. The van der Waals surface area contributed by atoms with Crippen molar-refractivity contribution in [1.29, 1.82) is 0 Å². The van der Waals surface area contributed by atoms with Crippen molar-refractivity contribution in [2.75, 3.05) is 13.7 Å². The predicted molar refractivity (Wildman–Crippen MR) is 82.2 cm³/mol. The number of hydrogen-bond donors (Lipinski definition) is 0. The molecule has 0 saturated heterocycles. The molecular weight excluding hydrogens is 282 g/mol. The van der Waals surface area contributed by atoms with Gasteiger partial charge in [0.05, 0.1) is 24.8 Å². The van der Waals surface area contributed by atoms with E-state index in [0.29, 0.717) is 16.8 Å². The summed E-state index contributed by atoms with van der Waals surface area (Å²) in [5.41, 5.74) is 1.30. The first-order valence-electron chi connectivity index (χ1n) is 6.95. The van der Waals surface area contributed by atoms with Crippen molar-refractivity contribution in [2.45, 2.75) is 6.92 Å². The highest BCUT2D eigenvalue weighted by molar-refractivity contribution is 6.10. The van der Waals surface area contributed by atoms with Crippen LogP contribution in [0.4, 0.5) is 0 Å². The second kappa shape index (κ2) is 5.52. The second-order valence-electron chi connectivity index (χ2n) is 4.78. The smallest absolute Gasteiger partial charge is 0.355 e. The molecule has 0 N–H and O–H groups in total. The molecule has 0 aliphatic rings. The van der Waals surface area contributed by atoms with Crippen LogP contribution in [0, 0.1) is 0 Å². The normalized spacial score (nSPS) is 10.8. The zero-order valence-electron chi connectivity index (χ0n) is 12.3. The lowest BCUT2D eigenvalue weighted by atomic mass is 10.1. The summed E-state index contributed by atoms with van der Waals surface area (Å²) in [6.07, 6.45) is 1.76. The minimum atomic E-state index is -0.482. The molecule has 0 radical (unpaired) electrons. The van der Waals surface area contributed by atoms with Gasteiger partial charge < -0.3 is 13.9 Å². The van der Waals surface area contributed by atoms with E-state index in [1.54, 1.807) is 17.5 Å². The average molecular weight is 297 g/mol. The Labute approximate surface area is 127 Å². The van der Waals surface area contributed by atoms with Crippen molar-refractivity contribution in [2.24, 2.45) is 0 Å². The molecule has 0 saturated carbocycles. The van der Waals surface area contributed by atoms with E-state index in [1.165, 1.54) is 13.2 Å². The molecule has 112 valence electrons. The fraction of sp³-hybridized carbons (Fsp3) is 0.176. The lowest BCUT2D eigenvalue weighted by molar-refractivity contribution is 0.0518. The number of methoxy groups -OCH3 is 1. The number of aromatic nitrogens is 1. The van der Waals surface area contributed by atoms with Crippen LogP contribution < -0.4 is 0 Å². The number of carbonyl (C=O) groups excluding carboxylic acids is 2. The maximum absolute atomic E-state index is 12.1. The Morgan fingerprint density at radius 1 is 1.14 bits per heavy atom. The van der Waals surface area contributed by atoms with Crippen molar-refractivity contribution in [1.82, 2.24) is 4.40 Å². The Morgan fingerprint density at radius 3 is 2.64 bits per heavy atom. The highest BCUT2D eigenvalue weighted by Crippen LogP contribution is 2.27. The summed E-state index contributed by atoms with van der Waals surface area (Å²) in [6, 6.07) is 11.1. The van der Waals surface area contributed by atoms with E-state index in [-0.39, 0.29) is 6.61 Å². The first-order chi connectivity index (χ1) is 10.7. The van der Waals surface area contributed by atoms with Crippen molar-refractivity contribution in [3.05, 3.63) is 53.9 Å². The molecule has 2 heterocycles. The standard InChI is InChI=1S/C17H15NO4/c1-3-22-17(20)14-10-13(16(19)21-2)15-12-7-5-4-6-11(12)8-9-18(14)15/h4-10H,3H2,1-2H3. The third-order valence-electron chi connectivity index (χ3n) is 3.55. The van der Waals surface area contributed by atoms with Crippen molar-refractivity contribution in [3.8, 4) is 0 Å². The largest absolute Gasteiger partial charge is 0.465 e. The molecule has 0 unspecified atom stereocenters. The molecule has 0 fully saturated rings. The van der Waals surface area contributed by atoms with E-state index < -0.39 is 11.9 Å². The highest BCUT2D eigenvalue weighted by atomic mass is 16.5. The fourth-order valence-electron chi connectivity index (χ4n) is 2.60. The summed E-state index contributed by atoms with van der Waals surface area (Å²) in [5, 5.41) is 1.86. The fourth-order valence-corrected chi connectivity index (χ4v) is 2.60. The first kappa shape index (κ1) is 14.1. The SMILES string of the molecule is CCOC(=O)c1cc(C(=O)OC)c2c3ccccc3ccn12. The number of carbonyl (C=O) groups is 2. The molecule has 3 rings (SSSR count).